The van der Waals surface area contributed by atoms with Crippen molar-refractivity contribution in [3.63, 3.8) is 0 Å². The van der Waals surface area contributed by atoms with Gasteiger partial charge in [0.2, 0.25) is 11.8 Å². The lowest BCUT2D eigenvalue weighted by atomic mass is 9.85. The van der Waals surface area contributed by atoms with Crippen LogP contribution in [-0.2, 0) is 14.4 Å². The number of nitrogens with one attached hydrogen (secondary N) is 1. The van der Waals surface area contributed by atoms with Gasteiger partial charge in [-0.3, -0.25) is 14.4 Å². The van der Waals surface area contributed by atoms with Crippen molar-refractivity contribution in [3.05, 3.63) is 0 Å². The molecule has 2 aliphatic carbocycles. The van der Waals surface area contributed by atoms with E-state index in [4.69, 9.17) is 0 Å². The van der Waals surface area contributed by atoms with Crippen molar-refractivity contribution in [1.29, 1.82) is 0 Å². The van der Waals surface area contributed by atoms with Gasteiger partial charge in [-0.1, -0.05) is 48.5 Å². The Morgan fingerprint density at radius 2 is 1.44 bits per heavy atom. The highest BCUT2D eigenvalue weighted by atomic mass is 19.4. The Morgan fingerprint density at radius 3 is 1.91 bits per heavy atom. The molecule has 2 saturated heterocycles. The molecule has 0 aromatic rings. The molecule has 0 aromatic heterocycles. The minimum atomic E-state index is -5.09. The van der Waals surface area contributed by atoms with Gasteiger partial charge in [0.25, 0.3) is 0 Å². The largest absolute Gasteiger partial charge is 0.471 e. The lowest BCUT2D eigenvalue weighted by Crippen LogP contribution is -2.60. The highest BCUT2D eigenvalue weighted by Gasteiger charge is 2.71. The molecule has 4 aliphatic rings. The third-order valence-electron chi connectivity index (χ3n) is 8.82. The number of halogens is 3. The van der Waals surface area contributed by atoms with Crippen molar-refractivity contribution >= 4 is 17.7 Å². The third-order valence-corrected chi connectivity index (χ3v) is 8.82. The van der Waals surface area contributed by atoms with E-state index in [0.29, 0.717) is 31.5 Å². The van der Waals surface area contributed by atoms with E-state index in [1.165, 1.54) is 4.90 Å². The van der Waals surface area contributed by atoms with Crippen LogP contribution >= 0.6 is 0 Å². The van der Waals surface area contributed by atoms with Crippen LogP contribution in [0.25, 0.3) is 0 Å². The number of hydrogen-bond acceptors (Lipinski definition) is 3. The van der Waals surface area contributed by atoms with E-state index in [-0.39, 0.29) is 28.6 Å². The maximum absolute atomic E-state index is 13.6. The number of likely N-dealkylation sites (tertiary alicyclic amines) is 2. The lowest BCUT2D eigenvalue weighted by Gasteiger charge is -2.39. The Balaban J connectivity index is 1.56. The second-order valence-corrected chi connectivity index (χ2v) is 12.4. The zero-order valence-electron chi connectivity index (χ0n) is 19.8. The van der Waals surface area contributed by atoms with E-state index in [1.807, 2.05) is 10.2 Å². The smallest absolute Gasteiger partial charge is 0.340 e. The average molecular weight is 458 g/mol. The van der Waals surface area contributed by atoms with E-state index in [1.54, 1.807) is 20.8 Å². The molecule has 2 heterocycles. The van der Waals surface area contributed by atoms with Crippen LogP contribution in [0.5, 0.6) is 0 Å². The van der Waals surface area contributed by atoms with Gasteiger partial charge in [-0.05, 0) is 39.9 Å². The predicted octanol–water partition coefficient (Wildman–Crippen LogP) is 2.68. The lowest BCUT2D eigenvalue weighted by molar-refractivity contribution is -0.176. The zero-order chi connectivity index (χ0) is 24.2. The molecule has 9 heteroatoms. The second-order valence-electron chi connectivity index (χ2n) is 12.4. The molecule has 3 amide bonds. The number of fused-ring (bicyclic) bond motifs is 2. The molecule has 0 aromatic carbocycles. The molecule has 2 unspecified atom stereocenters. The van der Waals surface area contributed by atoms with Gasteiger partial charge in [0.1, 0.15) is 12.1 Å². The summed E-state index contributed by atoms with van der Waals surface area (Å²) in [6.07, 6.45) is -5.09. The van der Waals surface area contributed by atoms with Crippen molar-refractivity contribution in [3.8, 4) is 0 Å². The van der Waals surface area contributed by atoms with Gasteiger partial charge in [-0.15, -0.1) is 0 Å². The van der Waals surface area contributed by atoms with E-state index >= 15 is 0 Å². The number of carbonyl (C=O) groups excluding carboxylic acids is 3. The summed E-state index contributed by atoms with van der Waals surface area (Å²) >= 11 is 0. The minimum Gasteiger partial charge on any atom is -0.340 e. The molecule has 32 heavy (non-hydrogen) atoms. The van der Waals surface area contributed by atoms with Crippen LogP contribution in [0.1, 0.15) is 48.5 Å². The van der Waals surface area contributed by atoms with Crippen molar-refractivity contribution in [2.45, 2.75) is 66.7 Å². The molecular formula is C23H34F3N3O3. The third kappa shape index (κ3) is 3.41. The van der Waals surface area contributed by atoms with Gasteiger partial charge in [0.15, 0.2) is 0 Å². The maximum atomic E-state index is 13.6. The molecule has 2 saturated carbocycles. The molecule has 4 fully saturated rings. The van der Waals surface area contributed by atoms with E-state index in [9.17, 15) is 27.6 Å². The fraction of sp³-hybridized carbons (Fsp3) is 0.870. The quantitative estimate of drug-likeness (QED) is 0.709. The Kier molecular flexibility index (Phi) is 4.84. The number of alkyl halides is 3. The molecule has 180 valence electrons. The fourth-order valence-corrected chi connectivity index (χ4v) is 6.32. The number of carbonyl (C=O) groups is 3. The summed E-state index contributed by atoms with van der Waals surface area (Å²) in [7, 11) is 0. The predicted molar refractivity (Wildman–Crippen MR) is 111 cm³/mol. The molecule has 4 rings (SSSR count). The first-order chi connectivity index (χ1) is 14.4. The first-order valence-electron chi connectivity index (χ1n) is 11.4. The first-order valence-corrected chi connectivity index (χ1v) is 11.4. The summed E-state index contributed by atoms with van der Waals surface area (Å²) in [5.74, 6) is -1.80. The van der Waals surface area contributed by atoms with Crippen LogP contribution in [0.4, 0.5) is 13.2 Å². The van der Waals surface area contributed by atoms with Crippen LogP contribution in [0.3, 0.4) is 0 Å². The van der Waals surface area contributed by atoms with Crippen molar-refractivity contribution in [1.82, 2.24) is 15.1 Å². The Labute approximate surface area is 187 Å². The summed E-state index contributed by atoms with van der Waals surface area (Å²) in [6.45, 7) is 15.0. The zero-order valence-corrected chi connectivity index (χ0v) is 19.8. The number of nitrogens with zero attached hydrogens (tertiary/aromatic N) is 2. The Bertz CT molecular complexity index is 847. The van der Waals surface area contributed by atoms with Gasteiger partial charge >= 0.3 is 12.1 Å². The fourth-order valence-electron chi connectivity index (χ4n) is 6.32. The second kappa shape index (κ2) is 6.63. The van der Waals surface area contributed by atoms with E-state index in [0.717, 1.165) is 0 Å². The molecule has 6 nitrogen and oxygen atoms in total. The summed E-state index contributed by atoms with van der Waals surface area (Å²) in [6, 6.07) is -2.06. The van der Waals surface area contributed by atoms with E-state index < -0.39 is 35.5 Å². The number of hydrogen-bond donors (Lipinski definition) is 1. The highest BCUT2D eigenvalue weighted by Crippen LogP contribution is 2.66. The van der Waals surface area contributed by atoms with Gasteiger partial charge in [-0.25, -0.2) is 0 Å². The molecule has 1 N–H and O–H groups in total. The molecular weight excluding hydrogens is 423 g/mol. The molecule has 6 atom stereocenters. The van der Waals surface area contributed by atoms with Gasteiger partial charge in [0.05, 0.1) is 0 Å². The van der Waals surface area contributed by atoms with Crippen LogP contribution in [0.2, 0.25) is 0 Å². The van der Waals surface area contributed by atoms with Gasteiger partial charge in [-0.2, -0.15) is 13.2 Å². The summed E-state index contributed by atoms with van der Waals surface area (Å²) < 4.78 is 38.8. The number of amides is 3. The number of piperidine rings is 2. The summed E-state index contributed by atoms with van der Waals surface area (Å²) in [5.41, 5.74) is -0.804. The average Bonchev–Trinajstić information content (AvgIpc) is 3.19. The molecule has 2 aliphatic heterocycles. The molecule has 0 spiro atoms. The molecule has 0 bridgehead atoms. The van der Waals surface area contributed by atoms with Crippen LogP contribution in [0.15, 0.2) is 0 Å². The number of rotatable bonds is 3. The highest BCUT2D eigenvalue weighted by molar-refractivity contribution is 5.95. The normalized spacial score (nSPS) is 35.1. The monoisotopic (exact) mass is 457 g/mol. The minimum absolute atomic E-state index is 0.0113. The van der Waals surface area contributed by atoms with Gasteiger partial charge in [0, 0.05) is 19.6 Å². The maximum Gasteiger partial charge on any atom is 0.471 e. The van der Waals surface area contributed by atoms with Crippen LogP contribution in [0, 0.1) is 39.9 Å². The van der Waals surface area contributed by atoms with E-state index in [2.05, 4.69) is 27.7 Å². The molecule has 0 radical (unpaired) electrons. The van der Waals surface area contributed by atoms with Crippen LogP contribution in [-0.4, -0.2) is 65.4 Å². The Morgan fingerprint density at radius 1 is 0.906 bits per heavy atom. The van der Waals surface area contributed by atoms with Crippen molar-refractivity contribution in [2.24, 2.45) is 39.9 Å². The van der Waals surface area contributed by atoms with Crippen LogP contribution < -0.4 is 5.32 Å². The summed E-state index contributed by atoms with van der Waals surface area (Å²) in [4.78, 5) is 42.0. The van der Waals surface area contributed by atoms with Gasteiger partial charge < -0.3 is 15.1 Å². The SMILES string of the molecule is CC1(C)C2CN(C(=O)[C@@H]3[C@@H]4[C@H](CN3C(=O)[C@@H](NC(=O)C(F)(F)F)C(C)(C)C)C4(C)C)CC21. The first kappa shape index (κ1) is 23.4. The topological polar surface area (TPSA) is 69.7 Å². The van der Waals surface area contributed by atoms with Crippen molar-refractivity contribution < 1.29 is 27.6 Å². The standard InChI is InChI=1S/C23H34F3N3O3/c1-20(2,3)16(27-19(32)23(24,25)26)18(31)29-10-13-14(22(13,6)7)15(29)17(30)28-8-11-12(9-28)21(11,4)5/h11-16H,8-10H2,1-7H3,(H,27,32)/t11?,12?,13-,14-,15-,16+/m0/s1. The van der Waals surface area contributed by atoms with Crippen molar-refractivity contribution in [2.75, 3.05) is 19.6 Å². The Hall–Kier alpha value is -1.80. The summed E-state index contributed by atoms with van der Waals surface area (Å²) in [5, 5.41) is 1.90.